The number of hydrogen-bond acceptors (Lipinski definition) is 2. The third-order valence-electron chi connectivity index (χ3n) is 3.19. The lowest BCUT2D eigenvalue weighted by Gasteiger charge is -2.06. The molecule has 0 heterocycles. The van der Waals surface area contributed by atoms with E-state index in [1.807, 2.05) is 0 Å². The van der Waals surface area contributed by atoms with Gasteiger partial charge >= 0.3 is 0 Å². The third kappa shape index (κ3) is 2.40. The number of hydrogen-bond donors (Lipinski definition) is 1. The molecule has 1 aromatic rings. The van der Waals surface area contributed by atoms with Crippen LogP contribution in [0.1, 0.15) is 30.9 Å². The standard InChI is InChI=1S/C13H15FN2/c1-2-9-6-13(9)16-8-11-5-12(14)4-3-10(11)7-15/h3-5,9,13,16H,2,6,8H2,1H3. The number of rotatable bonds is 4. The first-order valence-corrected chi connectivity index (χ1v) is 5.66. The summed E-state index contributed by atoms with van der Waals surface area (Å²) in [5.74, 6) is 0.484. The fourth-order valence-corrected chi connectivity index (χ4v) is 2.01. The van der Waals surface area contributed by atoms with Gasteiger partial charge in [0.15, 0.2) is 0 Å². The predicted molar refractivity (Wildman–Crippen MR) is 60.1 cm³/mol. The summed E-state index contributed by atoms with van der Waals surface area (Å²) in [7, 11) is 0. The van der Waals surface area contributed by atoms with Gasteiger partial charge in [0.05, 0.1) is 11.6 Å². The van der Waals surface area contributed by atoms with E-state index in [-0.39, 0.29) is 5.82 Å². The van der Waals surface area contributed by atoms with E-state index in [1.165, 1.54) is 31.0 Å². The normalized spacial score (nSPS) is 22.8. The molecule has 0 spiro atoms. The monoisotopic (exact) mass is 218 g/mol. The third-order valence-corrected chi connectivity index (χ3v) is 3.19. The summed E-state index contributed by atoms with van der Waals surface area (Å²) >= 11 is 0. The summed E-state index contributed by atoms with van der Waals surface area (Å²) in [5, 5.41) is 12.2. The smallest absolute Gasteiger partial charge is 0.123 e. The topological polar surface area (TPSA) is 35.8 Å². The van der Waals surface area contributed by atoms with Crippen molar-refractivity contribution in [2.45, 2.75) is 32.4 Å². The second-order valence-corrected chi connectivity index (χ2v) is 4.30. The molecule has 2 unspecified atom stereocenters. The first-order valence-electron chi connectivity index (χ1n) is 5.66. The molecule has 1 saturated carbocycles. The molecule has 2 atom stereocenters. The Morgan fingerprint density at radius 1 is 1.56 bits per heavy atom. The van der Waals surface area contributed by atoms with Gasteiger partial charge in [-0.3, -0.25) is 0 Å². The van der Waals surface area contributed by atoms with Crippen LogP contribution in [0.25, 0.3) is 0 Å². The molecule has 0 aliphatic heterocycles. The largest absolute Gasteiger partial charge is 0.310 e. The second-order valence-electron chi connectivity index (χ2n) is 4.30. The van der Waals surface area contributed by atoms with E-state index in [2.05, 4.69) is 18.3 Å². The Labute approximate surface area is 95.1 Å². The molecule has 1 aromatic carbocycles. The van der Waals surface area contributed by atoms with Gasteiger partial charge in [-0.2, -0.15) is 5.26 Å². The van der Waals surface area contributed by atoms with Crippen molar-refractivity contribution >= 4 is 0 Å². The van der Waals surface area contributed by atoms with Crippen molar-refractivity contribution in [1.29, 1.82) is 5.26 Å². The van der Waals surface area contributed by atoms with E-state index in [4.69, 9.17) is 5.26 Å². The van der Waals surface area contributed by atoms with Gasteiger partial charge in [0.1, 0.15) is 5.82 Å². The fraction of sp³-hybridized carbons (Fsp3) is 0.462. The zero-order valence-electron chi connectivity index (χ0n) is 9.33. The molecule has 16 heavy (non-hydrogen) atoms. The summed E-state index contributed by atoms with van der Waals surface area (Å²) in [6.45, 7) is 2.76. The van der Waals surface area contributed by atoms with Crippen molar-refractivity contribution in [2.75, 3.05) is 0 Å². The lowest BCUT2D eigenvalue weighted by molar-refractivity contribution is 0.606. The number of benzene rings is 1. The minimum absolute atomic E-state index is 0.279. The molecule has 1 aliphatic carbocycles. The summed E-state index contributed by atoms with van der Waals surface area (Å²) in [6.07, 6.45) is 2.39. The van der Waals surface area contributed by atoms with Gasteiger partial charge < -0.3 is 5.32 Å². The van der Waals surface area contributed by atoms with Crippen LogP contribution in [-0.4, -0.2) is 6.04 Å². The minimum atomic E-state index is -0.279. The van der Waals surface area contributed by atoms with Gasteiger partial charge in [-0.1, -0.05) is 13.3 Å². The first kappa shape index (κ1) is 11.1. The molecule has 0 amide bonds. The number of nitriles is 1. The molecule has 0 radical (unpaired) electrons. The maximum Gasteiger partial charge on any atom is 0.123 e. The van der Waals surface area contributed by atoms with Crippen LogP contribution in [0.5, 0.6) is 0 Å². The minimum Gasteiger partial charge on any atom is -0.310 e. The molecule has 1 fully saturated rings. The van der Waals surface area contributed by atoms with E-state index in [0.29, 0.717) is 18.2 Å². The van der Waals surface area contributed by atoms with E-state index in [0.717, 1.165) is 11.5 Å². The van der Waals surface area contributed by atoms with Crippen molar-refractivity contribution in [3.05, 3.63) is 35.1 Å². The van der Waals surface area contributed by atoms with Crippen LogP contribution in [0.3, 0.4) is 0 Å². The van der Waals surface area contributed by atoms with Gasteiger partial charge in [0.2, 0.25) is 0 Å². The van der Waals surface area contributed by atoms with Crippen LogP contribution in [0.4, 0.5) is 4.39 Å². The molecule has 0 aromatic heterocycles. The molecule has 3 heteroatoms. The van der Waals surface area contributed by atoms with Gasteiger partial charge in [0, 0.05) is 12.6 Å². The van der Waals surface area contributed by atoms with E-state index >= 15 is 0 Å². The lowest BCUT2D eigenvalue weighted by Crippen LogP contribution is -2.18. The highest BCUT2D eigenvalue weighted by molar-refractivity contribution is 5.37. The number of nitrogens with one attached hydrogen (secondary N) is 1. The Balaban J connectivity index is 1.98. The van der Waals surface area contributed by atoms with Crippen LogP contribution >= 0.6 is 0 Å². The van der Waals surface area contributed by atoms with Crippen LogP contribution < -0.4 is 5.32 Å². The number of halogens is 1. The Bertz CT molecular complexity index is 422. The molecule has 2 nitrogen and oxygen atoms in total. The first-order chi connectivity index (χ1) is 7.74. The van der Waals surface area contributed by atoms with Gasteiger partial charge in [-0.25, -0.2) is 4.39 Å². The van der Waals surface area contributed by atoms with Crippen molar-refractivity contribution in [1.82, 2.24) is 5.32 Å². The molecule has 1 N–H and O–H groups in total. The highest BCUT2D eigenvalue weighted by Crippen LogP contribution is 2.33. The van der Waals surface area contributed by atoms with Gasteiger partial charge in [-0.05, 0) is 36.1 Å². The van der Waals surface area contributed by atoms with E-state index in [9.17, 15) is 4.39 Å². The molecule has 0 bridgehead atoms. The van der Waals surface area contributed by atoms with E-state index < -0.39 is 0 Å². The molecule has 0 saturated heterocycles. The van der Waals surface area contributed by atoms with Crippen molar-refractivity contribution < 1.29 is 4.39 Å². The average Bonchev–Trinajstić information content (AvgIpc) is 3.05. The van der Waals surface area contributed by atoms with Crippen molar-refractivity contribution in [3.8, 4) is 6.07 Å². The summed E-state index contributed by atoms with van der Waals surface area (Å²) < 4.78 is 13.0. The average molecular weight is 218 g/mol. The van der Waals surface area contributed by atoms with Crippen molar-refractivity contribution in [3.63, 3.8) is 0 Å². The lowest BCUT2D eigenvalue weighted by atomic mass is 10.1. The Hall–Kier alpha value is -1.40. The van der Waals surface area contributed by atoms with Crippen LogP contribution in [-0.2, 0) is 6.54 Å². The molecular formula is C13H15FN2. The Kier molecular flexibility index (Phi) is 3.21. The fourth-order valence-electron chi connectivity index (χ4n) is 2.01. The number of nitrogens with zero attached hydrogens (tertiary/aromatic N) is 1. The molecular weight excluding hydrogens is 203 g/mol. The molecule has 1 aliphatic rings. The van der Waals surface area contributed by atoms with Gasteiger partial charge in [0.25, 0.3) is 0 Å². The van der Waals surface area contributed by atoms with E-state index in [1.54, 1.807) is 0 Å². The van der Waals surface area contributed by atoms with Gasteiger partial charge in [-0.15, -0.1) is 0 Å². The van der Waals surface area contributed by atoms with Crippen LogP contribution in [0.2, 0.25) is 0 Å². The summed E-state index contributed by atoms with van der Waals surface area (Å²) in [6, 6.07) is 6.95. The quantitative estimate of drug-likeness (QED) is 0.843. The van der Waals surface area contributed by atoms with Crippen molar-refractivity contribution in [2.24, 2.45) is 5.92 Å². The Morgan fingerprint density at radius 3 is 3.00 bits per heavy atom. The highest BCUT2D eigenvalue weighted by atomic mass is 19.1. The predicted octanol–water partition coefficient (Wildman–Crippen LogP) is 2.59. The van der Waals surface area contributed by atoms with Crippen LogP contribution in [0, 0.1) is 23.1 Å². The highest BCUT2D eigenvalue weighted by Gasteiger charge is 2.34. The zero-order chi connectivity index (χ0) is 11.5. The molecule has 2 rings (SSSR count). The summed E-state index contributed by atoms with van der Waals surface area (Å²) in [4.78, 5) is 0. The Morgan fingerprint density at radius 2 is 2.38 bits per heavy atom. The summed E-state index contributed by atoms with van der Waals surface area (Å²) in [5.41, 5.74) is 1.31. The maximum absolute atomic E-state index is 13.0. The maximum atomic E-state index is 13.0. The zero-order valence-corrected chi connectivity index (χ0v) is 9.33. The molecule has 84 valence electrons. The SMILES string of the molecule is CCC1CC1NCc1cc(F)ccc1C#N. The van der Waals surface area contributed by atoms with Crippen LogP contribution in [0.15, 0.2) is 18.2 Å². The second kappa shape index (κ2) is 4.63.